The predicted octanol–water partition coefficient (Wildman–Crippen LogP) is 4.92. The fraction of sp³-hybridized carbons (Fsp3) is 0.679. The Bertz CT molecular complexity index is 671. The van der Waals surface area contributed by atoms with Crippen molar-refractivity contribution in [2.45, 2.75) is 117 Å². The Morgan fingerprint density at radius 2 is 1.28 bits per heavy atom. The van der Waals surface area contributed by atoms with Crippen LogP contribution in [0, 0.1) is 0 Å². The second kappa shape index (κ2) is 19.2. The Labute approximate surface area is 204 Å². The number of halogens is 1. The van der Waals surface area contributed by atoms with Crippen molar-refractivity contribution in [2.75, 3.05) is 6.61 Å². The summed E-state index contributed by atoms with van der Waals surface area (Å²) < 4.78 is 10.7. The van der Waals surface area contributed by atoms with Crippen LogP contribution < -0.4 is 17.0 Å². The highest BCUT2D eigenvalue weighted by Gasteiger charge is 2.19. The van der Waals surface area contributed by atoms with Crippen LogP contribution in [0.2, 0.25) is 0 Å². The third kappa shape index (κ3) is 11.5. The van der Waals surface area contributed by atoms with Gasteiger partial charge in [-0.05, 0) is 31.4 Å². The van der Waals surface area contributed by atoms with E-state index in [4.69, 9.17) is 4.74 Å². The second-order valence-corrected chi connectivity index (χ2v) is 8.93. The van der Waals surface area contributed by atoms with E-state index in [1.165, 1.54) is 94.9 Å². The summed E-state index contributed by atoms with van der Waals surface area (Å²) >= 11 is 0. The molecule has 0 N–H and O–H groups in total. The molecular formula is C28H47ClN2O. The molecule has 1 aromatic carbocycles. The maximum atomic E-state index is 6.00. The lowest BCUT2D eigenvalue weighted by atomic mass is 10.1. The number of aryl methyl sites for hydroxylation is 1. The molecule has 4 heteroatoms. The number of aromatic nitrogens is 2. The van der Waals surface area contributed by atoms with Gasteiger partial charge >= 0.3 is 0 Å². The van der Waals surface area contributed by atoms with Crippen LogP contribution in [0.5, 0.6) is 0 Å². The summed E-state index contributed by atoms with van der Waals surface area (Å²) in [4.78, 5) is 0. The van der Waals surface area contributed by atoms with Crippen molar-refractivity contribution in [1.82, 2.24) is 4.57 Å². The van der Waals surface area contributed by atoms with Crippen LogP contribution >= 0.6 is 0 Å². The van der Waals surface area contributed by atoms with E-state index < -0.39 is 0 Å². The highest BCUT2D eigenvalue weighted by molar-refractivity contribution is 5.52. The molecule has 0 atom stereocenters. The van der Waals surface area contributed by atoms with Gasteiger partial charge in [-0.1, -0.05) is 103 Å². The van der Waals surface area contributed by atoms with Crippen molar-refractivity contribution in [1.29, 1.82) is 0 Å². The van der Waals surface area contributed by atoms with Crippen molar-refractivity contribution >= 4 is 0 Å². The van der Waals surface area contributed by atoms with Gasteiger partial charge in [0.15, 0.2) is 6.73 Å². The van der Waals surface area contributed by atoms with Gasteiger partial charge in [0.25, 0.3) is 5.82 Å². The van der Waals surface area contributed by atoms with Gasteiger partial charge in [-0.15, -0.1) is 0 Å². The molecule has 0 spiro atoms. The van der Waals surface area contributed by atoms with E-state index in [1.807, 2.05) is 0 Å². The van der Waals surface area contributed by atoms with Crippen LogP contribution in [-0.4, -0.2) is 11.2 Å². The van der Waals surface area contributed by atoms with Gasteiger partial charge in [0.2, 0.25) is 0 Å². The first-order valence-corrected chi connectivity index (χ1v) is 13.1. The summed E-state index contributed by atoms with van der Waals surface area (Å²) in [7, 11) is 0. The Hall–Kier alpha value is -1.32. The Kier molecular flexibility index (Phi) is 17.2. The summed E-state index contributed by atoms with van der Waals surface area (Å²) in [5.41, 5.74) is 1.27. The van der Waals surface area contributed by atoms with Crippen LogP contribution in [0.3, 0.4) is 0 Å². The van der Waals surface area contributed by atoms with Crippen molar-refractivity contribution in [3.63, 3.8) is 0 Å². The normalized spacial score (nSPS) is 10.9. The largest absolute Gasteiger partial charge is 1.00 e. The average Bonchev–Trinajstić information content (AvgIpc) is 3.20. The zero-order valence-corrected chi connectivity index (χ0v) is 21.5. The molecule has 182 valence electrons. The maximum Gasteiger partial charge on any atom is 0.290 e. The van der Waals surface area contributed by atoms with E-state index in [2.05, 4.69) is 65.7 Å². The molecule has 1 aromatic heterocycles. The lowest BCUT2D eigenvalue weighted by Crippen LogP contribution is -3.00. The Balaban J connectivity index is 0.00000512. The number of hydrogen-bond donors (Lipinski definition) is 0. The number of hydrogen-bond acceptors (Lipinski definition) is 1. The van der Waals surface area contributed by atoms with Gasteiger partial charge in [0, 0.05) is 0 Å². The lowest BCUT2D eigenvalue weighted by Gasteiger charge is -2.07. The average molecular weight is 463 g/mol. The van der Waals surface area contributed by atoms with Crippen LogP contribution in [0.15, 0.2) is 42.7 Å². The van der Waals surface area contributed by atoms with Crippen molar-refractivity contribution in [3.8, 4) is 11.4 Å². The first-order chi connectivity index (χ1) is 15.4. The minimum Gasteiger partial charge on any atom is -1.00 e. The quantitative estimate of drug-likeness (QED) is 0.214. The highest BCUT2D eigenvalue weighted by atomic mass is 35.5. The molecule has 0 saturated heterocycles. The number of unbranched alkanes of at least 4 members (excludes halogenated alkanes) is 12. The molecule has 0 amide bonds. The molecule has 0 saturated carbocycles. The molecule has 0 aliphatic rings. The standard InChI is InChI=1S/C28H47N2O.ClH/c1-3-5-7-9-10-11-12-13-14-18-22-29-23-24-30(26-31-25-19-8-6-4-2)28(29)27-20-16-15-17-21-27;/h15-17,20-21,23-24H,3-14,18-19,22,25-26H2,1-2H3;1H/q+1;/p-1. The molecule has 1 heterocycles. The molecule has 3 nitrogen and oxygen atoms in total. The van der Waals surface area contributed by atoms with Gasteiger partial charge in [0.05, 0.1) is 18.7 Å². The van der Waals surface area contributed by atoms with Crippen LogP contribution in [-0.2, 0) is 18.0 Å². The predicted molar refractivity (Wildman–Crippen MR) is 132 cm³/mol. The SMILES string of the molecule is CCCCCCCCCCCCn1cc[n+](COCCCCCC)c1-c1ccccc1.[Cl-]. The second-order valence-electron chi connectivity index (χ2n) is 8.93. The van der Waals surface area contributed by atoms with Gasteiger partial charge < -0.3 is 17.1 Å². The smallest absolute Gasteiger partial charge is 0.290 e. The summed E-state index contributed by atoms with van der Waals surface area (Å²) in [6, 6.07) is 10.8. The highest BCUT2D eigenvalue weighted by Crippen LogP contribution is 2.17. The van der Waals surface area contributed by atoms with Crippen LogP contribution in [0.1, 0.15) is 104 Å². The molecule has 32 heavy (non-hydrogen) atoms. The summed E-state index contributed by atoms with van der Waals surface area (Å²) in [5, 5.41) is 0. The minimum atomic E-state index is 0. The van der Waals surface area contributed by atoms with E-state index in [0.29, 0.717) is 6.73 Å². The molecule has 0 aliphatic carbocycles. The zero-order chi connectivity index (χ0) is 22.0. The summed E-state index contributed by atoms with van der Waals surface area (Å²) in [6.45, 7) is 7.12. The third-order valence-corrected chi connectivity index (χ3v) is 6.13. The van der Waals surface area contributed by atoms with Crippen molar-refractivity contribution in [3.05, 3.63) is 42.7 Å². The number of ether oxygens (including phenoxy) is 1. The van der Waals surface area contributed by atoms with Crippen LogP contribution in [0.4, 0.5) is 0 Å². The molecule has 2 aromatic rings. The number of imidazole rings is 1. The first kappa shape index (κ1) is 28.7. The van der Waals surface area contributed by atoms with Gasteiger partial charge in [-0.2, -0.15) is 0 Å². The van der Waals surface area contributed by atoms with Gasteiger partial charge in [-0.25, -0.2) is 9.13 Å². The molecule has 2 rings (SSSR count). The van der Waals surface area contributed by atoms with E-state index in [0.717, 1.165) is 19.6 Å². The molecule has 0 bridgehead atoms. The summed E-state index contributed by atoms with van der Waals surface area (Å²) in [5.74, 6) is 1.27. The summed E-state index contributed by atoms with van der Waals surface area (Å²) in [6.07, 6.45) is 23.2. The van der Waals surface area contributed by atoms with Crippen molar-refractivity contribution < 1.29 is 21.7 Å². The number of rotatable bonds is 19. The number of benzene rings is 1. The lowest BCUT2D eigenvalue weighted by molar-refractivity contribution is -0.722. The Morgan fingerprint density at radius 3 is 1.91 bits per heavy atom. The zero-order valence-electron chi connectivity index (χ0n) is 20.7. The number of nitrogens with zero attached hydrogens (tertiary/aromatic N) is 2. The van der Waals surface area contributed by atoms with E-state index in [1.54, 1.807) is 0 Å². The third-order valence-electron chi connectivity index (χ3n) is 6.13. The monoisotopic (exact) mass is 462 g/mol. The van der Waals surface area contributed by atoms with E-state index >= 15 is 0 Å². The fourth-order valence-corrected chi connectivity index (χ4v) is 4.23. The molecule has 0 aliphatic heterocycles. The first-order valence-electron chi connectivity index (χ1n) is 13.1. The fourth-order valence-electron chi connectivity index (χ4n) is 4.23. The van der Waals surface area contributed by atoms with E-state index in [9.17, 15) is 0 Å². The minimum absolute atomic E-state index is 0. The van der Waals surface area contributed by atoms with Crippen molar-refractivity contribution in [2.24, 2.45) is 0 Å². The molecule has 0 fully saturated rings. The molecular weight excluding hydrogens is 416 g/mol. The van der Waals surface area contributed by atoms with Crippen LogP contribution in [0.25, 0.3) is 11.4 Å². The Morgan fingerprint density at radius 1 is 0.719 bits per heavy atom. The molecule has 0 unspecified atom stereocenters. The van der Waals surface area contributed by atoms with E-state index in [-0.39, 0.29) is 12.4 Å². The van der Waals surface area contributed by atoms with Gasteiger partial charge in [-0.3, -0.25) is 0 Å². The maximum absolute atomic E-state index is 6.00. The molecule has 0 radical (unpaired) electrons. The van der Waals surface area contributed by atoms with Gasteiger partial charge in [0.1, 0.15) is 12.4 Å². The topological polar surface area (TPSA) is 18.0 Å².